The van der Waals surface area contributed by atoms with Crippen LogP contribution in [0.5, 0.6) is 0 Å². The molecule has 4 aromatic rings. The quantitative estimate of drug-likeness (QED) is 0.317. The van der Waals surface area contributed by atoms with Gasteiger partial charge in [-0.05, 0) is 66.6 Å². The number of carbonyl (C=O) groups excluding carboxylic acids is 1. The van der Waals surface area contributed by atoms with Gasteiger partial charge in [0.1, 0.15) is 5.82 Å². The minimum absolute atomic E-state index is 0.00394. The summed E-state index contributed by atoms with van der Waals surface area (Å²) in [4.78, 5) is 37.6. The Bertz CT molecular complexity index is 1660. The molecular weight excluding hydrogens is 520 g/mol. The third-order valence-electron chi connectivity index (χ3n) is 9.22. The molecule has 2 aromatic heterocycles. The van der Waals surface area contributed by atoms with Gasteiger partial charge in [-0.3, -0.25) is 14.8 Å². The lowest BCUT2D eigenvalue weighted by Crippen LogP contribution is -2.61. The van der Waals surface area contributed by atoms with E-state index in [2.05, 4.69) is 29.0 Å². The monoisotopic (exact) mass is 553 g/mol. The van der Waals surface area contributed by atoms with Gasteiger partial charge in [0.05, 0.1) is 28.7 Å². The molecule has 0 aliphatic carbocycles. The molecule has 3 aliphatic heterocycles. The van der Waals surface area contributed by atoms with Gasteiger partial charge >= 0.3 is 0 Å². The van der Waals surface area contributed by atoms with Crippen LogP contribution in [-0.2, 0) is 17.8 Å². The van der Waals surface area contributed by atoms with E-state index in [1.165, 1.54) is 0 Å². The number of pyridine rings is 1. The number of fused-ring (bicyclic) bond motifs is 9. The number of amides is 1. The highest BCUT2D eigenvalue weighted by molar-refractivity contribution is 5.83. The van der Waals surface area contributed by atoms with Gasteiger partial charge in [-0.25, -0.2) is 4.98 Å². The van der Waals surface area contributed by atoms with Gasteiger partial charge in [-0.2, -0.15) is 0 Å². The first-order valence-corrected chi connectivity index (χ1v) is 14.3. The number of nitrogens with one attached hydrogen (secondary N) is 2. The zero-order valence-corrected chi connectivity index (χ0v) is 23.0. The fraction of sp³-hybridized carbons (Fsp3) is 0.387. The third-order valence-corrected chi connectivity index (χ3v) is 9.22. The lowest BCUT2D eigenvalue weighted by molar-refractivity contribution is -0.128. The summed E-state index contributed by atoms with van der Waals surface area (Å²) in [5.74, 6) is 0.548. The molecule has 0 radical (unpaired) electrons. The fourth-order valence-electron chi connectivity index (χ4n) is 7.39. The molecule has 3 N–H and O–H groups in total. The Hall–Kier alpha value is -4.15. The zero-order valence-electron chi connectivity index (χ0n) is 23.0. The number of benzene rings is 2. The van der Waals surface area contributed by atoms with Gasteiger partial charge in [0.15, 0.2) is 0 Å². The van der Waals surface area contributed by atoms with Crippen molar-refractivity contribution in [2.75, 3.05) is 16.7 Å². The highest BCUT2D eigenvalue weighted by Crippen LogP contribution is 2.48. The van der Waals surface area contributed by atoms with Crippen molar-refractivity contribution in [3.63, 3.8) is 0 Å². The number of carbonyl (C=O) groups is 1. The van der Waals surface area contributed by atoms with Crippen LogP contribution in [0.15, 0.2) is 65.5 Å². The number of H-pyrrole nitrogens is 1. The van der Waals surface area contributed by atoms with Crippen molar-refractivity contribution in [1.29, 1.82) is 0 Å². The maximum absolute atomic E-state index is 14.3. The summed E-state index contributed by atoms with van der Waals surface area (Å²) in [5.41, 5.74) is 4.76. The highest BCUT2D eigenvalue weighted by Gasteiger charge is 2.49. The third kappa shape index (κ3) is 4.29. The average Bonchev–Trinajstić information content (AvgIpc) is 3.39. The molecule has 10 heteroatoms. The minimum atomic E-state index is -0.422. The maximum Gasteiger partial charge on any atom is 0.250 e. The summed E-state index contributed by atoms with van der Waals surface area (Å²) in [7, 11) is 0. The van der Waals surface area contributed by atoms with Crippen molar-refractivity contribution in [2.24, 2.45) is 17.8 Å². The molecule has 1 saturated heterocycles. The Labute approximate surface area is 237 Å². The van der Waals surface area contributed by atoms with E-state index in [0.717, 1.165) is 34.4 Å². The smallest absolute Gasteiger partial charge is 0.250 e. The van der Waals surface area contributed by atoms with E-state index in [1.54, 1.807) is 18.2 Å². The Morgan fingerprint density at radius 2 is 1.98 bits per heavy atom. The second kappa shape index (κ2) is 9.74. The molecule has 10 nitrogen and oxygen atoms in total. The minimum Gasteiger partial charge on any atom is -0.733 e. The van der Waals surface area contributed by atoms with Crippen LogP contribution in [0.2, 0.25) is 0 Å². The maximum atomic E-state index is 14.3. The molecule has 212 valence electrons. The molecular formula is C31H33N6O4-. The number of piperidine rings is 1. The number of aromatic nitrogens is 3. The Balaban J connectivity index is 1.27. The first-order chi connectivity index (χ1) is 19.8. The summed E-state index contributed by atoms with van der Waals surface area (Å²) < 4.78 is 1.89. The van der Waals surface area contributed by atoms with Gasteiger partial charge in [0, 0.05) is 42.5 Å². The molecule has 5 unspecified atom stereocenters. The molecule has 2 aromatic carbocycles. The van der Waals surface area contributed by atoms with Crippen molar-refractivity contribution in [3.05, 3.63) is 93.3 Å². The zero-order chi connectivity index (χ0) is 28.4. The van der Waals surface area contributed by atoms with E-state index in [9.17, 15) is 20.0 Å². The Kier molecular flexibility index (Phi) is 6.13. The van der Waals surface area contributed by atoms with E-state index >= 15 is 0 Å². The lowest BCUT2D eigenvalue weighted by atomic mass is 9.70. The number of imidazole rings is 1. The molecule has 2 bridgehead atoms. The number of para-hydroxylation sites is 2. The number of anilines is 2. The summed E-state index contributed by atoms with van der Waals surface area (Å²) in [6, 6.07) is 18.0. The lowest BCUT2D eigenvalue weighted by Gasteiger charge is -2.54. The number of hydrogen-bond acceptors (Lipinski definition) is 7. The van der Waals surface area contributed by atoms with Crippen LogP contribution >= 0.6 is 0 Å². The summed E-state index contributed by atoms with van der Waals surface area (Å²) in [6.45, 7) is 5.35. The van der Waals surface area contributed by atoms with E-state index in [1.807, 2.05) is 47.0 Å². The van der Waals surface area contributed by atoms with Crippen LogP contribution in [-0.4, -0.2) is 38.2 Å². The van der Waals surface area contributed by atoms with E-state index in [-0.39, 0.29) is 52.2 Å². The molecule has 1 fully saturated rings. The summed E-state index contributed by atoms with van der Waals surface area (Å²) in [6.07, 6.45) is 1.33. The Morgan fingerprint density at radius 1 is 1.15 bits per heavy atom. The average molecular weight is 554 g/mol. The number of aromatic amines is 1. The number of nitrogens with zero attached hydrogens (tertiary/aromatic N) is 4. The van der Waals surface area contributed by atoms with E-state index in [4.69, 9.17) is 4.98 Å². The van der Waals surface area contributed by atoms with Crippen LogP contribution < -0.4 is 21.0 Å². The molecule has 41 heavy (non-hydrogen) atoms. The first-order valence-electron chi connectivity index (χ1n) is 14.3. The molecule has 7 rings (SSSR count). The largest absolute Gasteiger partial charge is 0.733 e. The molecule has 5 heterocycles. The van der Waals surface area contributed by atoms with Crippen LogP contribution in [0.25, 0.3) is 11.0 Å². The predicted molar refractivity (Wildman–Crippen MR) is 156 cm³/mol. The topological polar surface area (TPSA) is 130 Å². The Morgan fingerprint density at radius 3 is 2.76 bits per heavy atom. The second-order valence-electron chi connectivity index (χ2n) is 12.0. The molecule has 1 amide bonds. The van der Waals surface area contributed by atoms with Gasteiger partial charge < -0.3 is 30.2 Å². The van der Waals surface area contributed by atoms with Crippen LogP contribution in [0.1, 0.15) is 49.3 Å². The fourth-order valence-corrected chi connectivity index (χ4v) is 7.39. The summed E-state index contributed by atoms with van der Waals surface area (Å²) >= 11 is 0. The van der Waals surface area contributed by atoms with Gasteiger partial charge in [-0.15, -0.1) is 0 Å². The SMILES string of the molecule is CC(C)C(NC(=O)C1Cc2cc(N([O-])O)ccc2N2CC3CC(Cn4c3cccc4=O)C12)c1nc2ccccc2[nH]1. The van der Waals surface area contributed by atoms with Crippen molar-refractivity contribution in [3.8, 4) is 0 Å². The predicted octanol–water partition coefficient (Wildman–Crippen LogP) is 4.10. The molecule has 0 spiro atoms. The molecule has 3 aliphatic rings. The first kappa shape index (κ1) is 25.8. The van der Waals surface area contributed by atoms with Gasteiger partial charge in [-0.1, -0.05) is 32.0 Å². The normalized spacial score (nSPS) is 23.5. The van der Waals surface area contributed by atoms with Crippen LogP contribution in [0, 0.1) is 23.0 Å². The van der Waals surface area contributed by atoms with E-state index < -0.39 is 5.92 Å². The van der Waals surface area contributed by atoms with Crippen molar-refractivity contribution < 1.29 is 10.0 Å². The van der Waals surface area contributed by atoms with Crippen LogP contribution in [0.3, 0.4) is 0 Å². The summed E-state index contributed by atoms with van der Waals surface area (Å²) in [5, 5.41) is 24.5. The highest BCUT2D eigenvalue weighted by atomic mass is 16.8. The standard InChI is InChI=1S/C31H33N6O4/c1-17(2)28(30-32-23-6-3-4-7-24(23)33-30)34-31(39)22-14-18-13-21(37(40)41)10-11-26(18)36-15-19-12-20(29(22)36)16-35-25(19)8-5-9-27(35)38/h3-11,13,17,19-20,22,28-29,40H,12,14-16H2,1-2H3,(H,32,33)(H,34,39)/q-1. The van der Waals surface area contributed by atoms with E-state index in [0.29, 0.717) is 25.3 Å². The van der Waals surface area contributed by atoms with Gasteiger partial charge in [0.2, 0.25) is 5.91 Å². The second-order valence-corrected chi connectivity index (χ2v) is 12.0. The van der Waals surface area contributed by atoms with Gasteiger partial charge in [0.25, 0.3) is 5.56 Å². The van der Waals surface area contributed by atoms with Crippen molar-refractivity contribution in [1.82, 2.24) is 19.9 Å². The van der Waals surface area contributed by atoms with Crippen LogP contribution in [0.4, 0.5) is 11.4 Å². The van der Waals surface area contributed by atoms with Crippen molar-refractivity contribution >= 4 is 28.3 Å². The number of hydrogen-bond donors (Lipinski definition) is 3. The molecule has 0 saturated carbocycles. The van der Waals surface area contributed by atoms with Crippen molar-refractivity contribution in [2.45, 2.75) is 51.2 Å². The number of rotatable bonds is 5. The molecule has 5 atom stereocenters.